The van der Waals surface area contributed by atoms with Crippen molar-refractivity contribution in [3.8, 4) is 0 Å². The minimum absolute atomic E-state index is 0.490. The molecular formula is C8H17N3O2S. The van der Waals surface area contributed by atoms with Crippen LogP contribution >= 0.6 is 0 Å². The summed E-state index contributed by atoms with van der Waals surface area (Å²) in [5, 5.41) is 5.29. The Labute approximate surface area is 84.5 Å². The number of rotatable bonds is 1. The molecule has 6 heteroatoms. The molecule has 0 radical (unpaired) electrons. The molecule has 82 valence electrons. The highest BCUT2D eigenvalue weighted by Crippen LogP contribution is 2.37. The van der Waals surface area contributed by atoms with E-state index in [9.17, 15) is 8.42 Å². The summed E-state index contributed by atoms with van der Waals surface area (Å²) < 4.78 is 23.1. The monoisotopic (exact) mass is 219 g/mol. The Bertz CT molecular complexity index is 317. The van der Waals surface area contributed by atoms with Crippen LogP contribution < -0.4 is 16.0 Å². The van der Waals surface area contributed by atoms with E-state index in [4.69, 9.17) is 5.14 Å². The van der Waals surface area contributed by atoms with Gasteiger partial charge in [0.15, 0.2) is 0 Å². The van der Waals surface area contributed by atoms with Gasteiger partial charge < -0.3 is 0 Å². The van der Waals surface area contributed by atoms with Crippen LogP contribution in [0.5, 0.6) is 0 Å². The van der Waals surface area contributed by atoms with Crippen molar-refractivity contribution < 1.29 is 8.42 Å². The predicted octanol–water partition coefficient (Wildman–Crippen LogP) is -0.341. The average molecular weight is 219 g/mol. The standard InChI is InChI=1S/C8H17N3O2S/c9-14(12,13)8-4-1-2-7(6-8)3-5-10-11-8/h7,10-11H,1-6H2,(H2,9,12,13). The Kier molecular flexibility index (Phi) is 2.55. The molecule has 1 aliphatic carbocycles. The third kappa shape index (κ3) is 1.67. The van der Waals surface area contributed by atoms with Gasteiger partial charge in [0, 0.05) is 6.54 Å². The van der Waals surface area contributed by atoms with E-state index in [-0.39, 0.29) is 0 Å². The second-order valence-electron chi connectivity index (χ2n) is 4.34. The van der Waals surface area contributed by atoms with Crippen LogP contribution in [0.1, 0.15) is 32.1 Å². The quantitative estimate of drug-likeness (QED) is 0.563. The summed E-state index contributed by atoms with van der Waals surface area (Å²) in [6, 6.07) is 0. The molecule has 2 bridgehead atoms. The van der Waals surface area contributed by atoms with Crippen molar-refractivity contribution in [2.75, 3.05) is 6.54 Å². The first-order valence-electron chi connectivity index (χ1n) is 5.06. The number of nitrogens with two attached hydrogens (primary N) is 1. The van der Waals surface area contributed by atoms with Gasteiger partial charge in [-0.05, 0) is 25.2 Å². The summed E-state index contributed by atoms with van der Waals surface area (Å²) >= 11 is 0. The maximum Gasteiger partial charge on any atom is 0.229 e. The SMILES string of the molecule is NS(=O)(=O)C12CCCC(CCNN1)C2. The van der Waals surface area contributed by atoms with Gasteiger partial charge in [-0.15, -0.1) is 0 Å². The molecule has 2 fully saturated rings. The molecule has 0 spiro atoms. The molecule has 0 aromatic carbocycles. The fourth-order valence-corrected chi connectivity index (χ4v) is 3.65. The Balaban J connectivity index is 2.31. The van der Waals surface area contributed by atoms with Crippen LogP contribution in [0.3, 0.4) is 0 Å². The van der Waals surface area contributed by atoms with Gasteiger partial charge in [0.1, 0.15) is 4.87 Å². The molecule has 0 aromatic rings. The molecule has 2 atom stereocenters. The lowest BCUT2D eigenvalue weighted by atomic mass is 9.84. The van der Waals surface area contributed by atoms with Crippen molar-refractivity contribution in [2.45, 2.75) is 37.0 Å². The lowest BCUT2D eigenvalue weighted by molar-refractivity contribution is 0.259. The smallest absolute Gasteiger partial charge is 0.229 e. The first-order chi connectivity index (χ1) is 6.54. The van der Waals surface area contributed by atoms with Crippen LogP contribution in [-0.4, -0.2) is 19.8 Å². The Morgan fingerprint density at radius 3 is 2.86 bits per heavy atom. The summed E-state index contributed by atoms with van der Waals surface area (Å²) in [5.41, 5.74) is 5.86. The number of nitrogens with one attached hydrogen (secondary N) is 2. The molecule has 1 aliphatic heterocycles. The van der Waals surface area contributed by atoms with Gasteiger partial charge in [0.05, 0.1) is 0 Å². The largest absolute Gasteiger partial charge is 0.256 e. The lowest BCUT2D eigenvalue weighted by Crippen LogP contribution is -2.59. The molecule has 1 saturated heterocycles. The van der Waals surface area contributed by atoms with E-state index in [1.54, 1.807) is 0 Å². The lowest BCUT2D eigenvalue weighted by Gasteiger charge is -2.36. The number of hydrazine groups is 1. The summed E-state index contributed by atoms with van der Waals surface area (Å²) in [5.74, 6) is 0.490. The van der Waals surface area contributed by atoms with Crippen LogP contribution in [0, 0.1) is 5.92 Å². The minimum Gasteiger partial charge on any atom is -0.256 e. The van der Waals surface area contributed by atoms with E-state index in [1.165, 1.54) is 0 Å². The molecule has 5 nitrogen and oxygen atoms in total. The van der Waals surface area contributed by atoms with Gasteiger partial charge in [0.2, 0.25) is 10.0 Å². The first-order valence-corrected chi connectivity index (χ1v) is 6.60. The molecule has 2 rings (SSSR count). The van der Waals surface area contributed by atoms with E-state index >= 15 is 0 Å². The molecule has 1 heterocycles. The molecule has 1 saturated carbocycles. The van der Waals surface area contributed by atoms with Crippen molar-refractivity contribution >= 4 is 10.0 Å². The highest BCUT2D eigenvalue weighted by Gasteiger charge is 2.46. The summed E-state index contributed by atoms with van der Waals surface area (Å²) in [6.45, 7) is 0.821. The minimum atomic E-state index is -3.52. The zero-order valence-electron chi connectivity index (χ0n) is 8.12. The average Bonchev–Trinajstić information content (AvgIpc) is 2.25. The Morgan fingerprint density at radius 1 is 1.36 bits per heavy atom. The van der Waals surface area contributed by atoms with E-state index in [2.05, 4.69) is 10.9 Å². The Morgan fingerprint density at radius 2 is 2.14 bits per heavy atom. The highest BCUT2D eigenvalue weighted by molar-refractivity contribution is 7.90. The Hall–Kier alpha value is -0.170. The van der Waals surface area contributed by atoms with E-state index in [0.29, 0.717) is 18.8 Å². The van der Waals surface area contributed by atoms with Gasteiger partial charge in [-0.3, -0.25) is 5.43 Å². The summed E-state index contributed by atoms with van der Waals surface area (Å²) in [6.07, 6.45) is 4.37. The summed E-state index contributed by atoms with van der Waals surface area (Å²) in [7, 11) is -3.52. The van der Waals surface area contributed by atoms with Gasteiger partial charge in [0.25, 0.3) is 0 Å². The fourth-order valence-electron chi connectivity index (χ4n) is 2.54. The molecule has 2 unspecified atom stereocenters. The number of hydrogen-bond donors (Lipinski definition) is 3. The zero-order chi connectivity index (χ0) is 10.2. The topological polar surface area (TPSA) is 84.2 Å². The van der Waals surface area contributed by atoms with Gasteiger partial charge in [-0.1, -0.05) is 12.8 Å². The van der Waals surface area contributed by atoms with Gasteiger partial charge in [-0.25, -0.2) is 19.0 Å². The van der Waals surface area contributed by atoms with Crippen LogP contribution in [0.2, 0.25) is 0 Å². The second kappa shape index (κ2) is 3.44. The molecule has 14 heavy (non-hydrogen) atoms. The molecule has 2 aliphatic rings. The van der Waals surface area contributed by atoms with Crippen molar-refractivity contribution in [2.24, 2.45) is 11.1 Å². The molecule has 0 amide bonds. The van der Waals surface area contributed by atoms with Crippen LogP contribution in [0.25, 0.3) is 0 Å². The zero-order valence-corrected chi connectivity index (χ0v) is 8.94. The first kappa shape index (κ1) is 10.4. The number of fused-ring (bicyclic) bond motifs is 2. The molecule has 4 N–H and O–H groups in total. The van der Waals surface area contributed by atoms with E-state index in [1.807, 2.05) is 0 Å². The molecule has 0 aromatic heterocycles. The van der Waals surface area contributed by atoms with Crippen molar-refractivity contribution in [3.05, 3.63) is 0 Å². The maximum atomic E-state index is 11.5. The third-order valence-corrected chi connectivity index (χ3v) is 4.91. The highest BCUT2D eigenvalue weighted by atomic mass is 32.2. The third-order valence-electron chi connectivity index (χ3n) is 3.35. The number of sulfonamides is 1. The van der Waals surface area contributed by atoms with Crippen molar-refractivity contribution in [3.63, 3.8) is 0 Å². The normalized spacial score (nSPS) is 39.1. The van der Waals surface area contributed by atoms with Crippen LogP contribution in [0.15, 0.2) is 0 Å². The van der Waals surface area contributed by atoms with Crippen molar-refractivity contribution in [1.29, 1.82) is 0 Å². The maximum absolute atomic E-state index is 11.5. The van der Waals surface area contributed by atoms with Crippen LogP contribution in [-0.2, 0) is 10.0 Å². The number of primary sulfonamides is 1. The van der Waals surface area contributed by atoms with Gasteiger partial charge in [-0.2, -0.15) is 0 Å². The second-order valence-corrected chi connectivity index (χ2v) is 6.21. The number of hydrogen-bond acceptors (Lipinski definition) is 4. The fraction of sp³-hybridized carbons (Fsp3) is 1.00. The predicted molar refractivity (Wildman–Crippen MR) is 53.6 cm³/mol. The van der Waals surface area contributed by atoms with E-state index in [0.717, 1.165) is 25.8 Å². The molecular weight excluding hydrogens is 202 g/mol. The van der Waals surface area contributed by atoms with Crippen LogP contribution in [0.4, 0.5) is 0 Å². The van der Waals surface area contributed by atoms with Crippen molar-refractivity contribution in [1.82, 2.24) is 10.9 Å². The summed E-state index contributed by atoms with van der Waals surface area (Å²) in [4.78, 5) is -0.910. The van der Waals surface area contributed by atoms with E-state index < -0.39 is 14.9 Å². The van der Waals surface area contributed by atoms with Gasteiger partial charge >= 0.3 is 0 Å².